The van der Waals surface area contributed by atoms with Gasteiger partial charge in [-0.3, -0.25) is 4.79 Å². The fourth-order valence-electron chi connectivity index (χ4n) is 3.59. The van der Waals surface area contributed by atoms with Gasteiger partial charge in [0.25, 0.3) is 5.91 Å². The van der Waals surface area contributed by atoms with Gasteiger partial charge in [0.15, 0.2) is 0 Å². The van der Waals surface area contributed by atoms with Crippen molar-refractivity contribution in [2.24, 2.45) is 0 Å². The summed E-state index contributed by atoms with van der Waals surface area (Å²) in [6.45, 7) is 0.896. The molecule has 0 saturated carbocycles. The molecular formula is C22H27ClN2O6S. The number of carbonyl (C=O) groups excluding carboxylic acids is 1. The van der Waals surface area contributed by atoms with Gasteiger partial charge in [-0.1, -0.05) is 24.4 Å². The van der Waals surface area contributed by atoms with Crippen LogP contribution in [-0.2, 0) is 10.0 Å². The van der Waals surface area contributed by atoms with Crippen LogP contribution >= 0.6 is 11.6 Å². The quantitative estimate of drug-likeness (QED) is 0.636. The van der Waals surface area contributed by atoms with Crippen LogP contribution in [0.1, 0.15) is 36.0 Å². The predicted molar refractivity (Wildman–Crippen MR) is 123 cm³/mol. The van der Waals surface area contributed by atoms with E-state index in [4.69, 9.17) is 25.8 Å². The van der Waals surface area contributed by atoms with E-state index in [0.29, 0.717) is 35.3 Å². The summed E-state index contributed by atoms with van der Waals surface area (Å²) in [4.78, 5) is 13.0. The van der Waals surface area contributed by atoms with Crippen molar-refractivity contribution in [1.82, 2.24) is 4.31 Å². The lowest BCUT2D eigenvalue weighted by Crippen LogP contribution is -2.32. The first kappa shape index (κ1) is 24.2. The van der Waals surface area contributed by atoms with E-state index in [1.807, 2.05) is 0 Å². The first-order chi connectivity index (χ1) is 15.3. The van der Waals surface area contributed by atoms with Gasteiger partial charge in [0, 0.05) is 30.8 Å². The first-order valence-electron chi connectivity index (χ1n) is 10.2. The molecule has 0 unspecified atom stereocenters. The molecule has 0 aromatic heterocycles. The summed E-state index contributed by atoms with van der Waals surface area (Å²) in [5, 5.41) is 3.06. The molecule has 1 heterocycles. The van der Waals surface area contributed by atoms with Gasteiger partial charge >= 0.3 is 0 Å². The molecule has 3 rings (SSSR count). The number of nitrogens with one attached hydrogen (secondary N) is 1. The van der Waals surface area contributed by atoms with E-state index in [-0.39, 0.29) is 16.2 Å². The molecule has 2 aromatic carbocycles. The molecule has 0 spiro atoms. The second-order valence-corrected chi connectivity index (χ2v) is 9.64. The number of carbonyl (C=O) groups is 1. The molecular weight excluding hydrogens is 456 g/mol. The van der Waals surface area contributed by atoms with Crippen molar-refractivity contribution in [2.45, 2.75) is 30.6 Å². The molecule has 0 aliphatic carbocycles. The SMILES string of the molecule is COc1cc(NC(=O)c2ccc(OC)c(S(=O)(=O)N3CCCCCC3)c2)c(OC)cc1Cl. The Kier molecular flexibility index (Phi) is 7.86. The van der Waals surface area contributed by atoms with Crippen LogP contribution in [0, 0.1) is 0 Å². The first-order valence-corrected chi connectivity index (χ1v) is 12.0. The van der Waals surface area contributed by atoms with E-state index in [0.717, 1.165) is 25.7 Å². The Balaban J connectivity index is 1.95. The Morgan fingerprint density at radius 3 is 2.12 bits per heavy atom. The number of methoxy groups -OCH3 is 3. The lowest BCUT2D eigenvalue weighted by Gasteiger charge is -2.21. The third kappa shape index (κ3) is 5.11. The molecule has 1 N–H and O–H groups in total. The van der Waals surface area contributed by atoms with E-state index >= 15 is 0 Å². The van der Waals surface area contributed by atoms with Crippen molar-refractivity contribution in [3.05, 3.63) is 40.9 Å². The van der Waals surface area contributed by atoms with E-state index in [1.165, 1.54) is 56.0 Å². The van der Waals surface area contributed by atoms with E-state index in [9.17, 15) is 13.2 Å². The maximum absolute atomic E-state index is 13.3. The zero-order valence-corrected chi connectivity index (χ0v) is 19.9. The highest BCUT2D eigenvalue weighted by atomic mass is 35.5. The Hall–Kier alpha value is -2.49. The Morgan fingerprint density at radius 2 is 1.53 bits per heavy atom. The molecule has 0 bridgehead atoms. The maximum atomic E-state index is 13.3. The highest BCUT2D eigenvalue weighted by Crippen LogP contribution is 2.36. The van der Waals surface area contributed by atoms with Crippen LogP contribution in [0.4, 0.5) is 5.69 Å². The number of sulfonamides is 1. The molecule has 0 radical (unpaired) electrons. The number of nitrogens with zero attached hydrogens (tertiary/aromatic N) is 1. The van der Waals surface area contributed by atoms with Crippen LogP contribution in [0.3, 0.4) is 0 Å². The van der Waals surface area contributed by atoms with Gasteiger partial charge in [0.05, 0.1) is 32.0 Å². The van der Waals surface area contributed by atoms with Crippen LogP contribution in [0.5, 0.6) is 17.2 Å². The standard InChI is InChI=1S/C22H27ClN2O6S/c1-29-18-9-8-15(12-21(18)32(27,28)25-10-6-4-5-7-11-25)22(26)24-17-14-19(30-2)16(23)13-20(17)31-3/h8-9,12-14H,4-7,10-11H2,1-3H3,(H,24,26). The van der Waals surface area contributed by atoms with Crippen molar-refractivity contribution >= 4 is 33.2 Å². The topological polar surface area (TPSA) is 94.2 Å². The fraction of sp³-hybridized carbons (Fsp3) is 0.409. The lowest BCUT2D eigenvalue weighted by molar-refractivity contribution is 0.102. The highest BCUT2D eigenvalue weighted by Gasteiger charge is 2.29. The van der Waals surface area contributed by atoms with Gasteiger partial charge in [0.1, 0.15) is 22.1 Å². The third-order valence-electron chi connectivity index (χ3n) is 5.33. The summed E-state index contributed by atoms with van der Waals surface area (Å²) < 4.78 is 43.9. The van der Waals surface area contributed by atoms with Crippen LogP contribution < -0.4 is 19.5 Å². The van der Waals surface area contributed by atoms with Crippen molar-refractivity contribution in [1.29, 1.82) is 0 Å². The van der Waals surface area contributed by atoms with Gasteiger partial charge in [-0.05, 0) is 31.0 Å². The molecule has 0 atom stereocenters. The number of anilines is 1. The fourth-order valence-corrected chi connectivity index (χ4v) is 5.52. The average molecular weight is 483 g/mol. The smallest absolute Gasteiger partial charge is 0.255 e. The second kappa shape index (κ2) is 10.4. The Bertz CT molecular complexity index is 1080. The number of ether oxygens (including phenoxy) is 3. The van der Waals surface area contributed by atoms with Crippen molar-refractivity contribution < 1.29 is 27.4 Å². The molecule has 32 heavy (non-hydrogen) atoms. The van der Waals surface area contributed by atoms with E-state index < -0.39 is 15.9 Å². The molecule has 10 heteroatoms. The summed E-state index contributed by atoms with van der Waals surface area (Å²) in [6, 6.07) is 7.40. The number of halogens is 1. The molecule has 1 fully saturated rings. The number of amides is 1. The average Bonchev–Trinajstić information content (AvgIpc) is 3.09. The predicted octanol–water partition coefficient (Wildman–Crippen LogP) is 4.18. The summed E-state index contributed by atoms with van der Waals surface area (Å²) in [5.41, 5.74) is 0.502. The minimum absolute atomic E-state index is 0.0322. The number of benzene rings is 2. The monoisotopic (exact) mass is 482 g/mol. The Morgan fingerprint density at radius 1 is 0.906 bits per heavy atom. The summed E-state index contributed by atoms with van der Waals surface area (Å²) in [7, 11) is 0.497. The number of hydrogen-bond donors (Lipinski definition) is 1. The third-order valence-corrected chi connectivity index (χ3v) is 7.55. The zero-order chi connectivity index (χ0) is 23.3. The summed E-state index contributed by atoms with van der Waals surface area (Å²) in [5.74, 6) is 0.385. The second-order valence-electron chi connectivity index (χ2n) is 7.33. The van der Waals surface area contributed by atoms with Gasteiger partial charge in [-0.2, -0.15) is 4.31 Å². The zero-order valence-electron chi connectivity index (χ0n) is 18.3. The molecule has 1 aliphatic rings. The van der Waals surface area contributed by atoms with Crippen molar-refractivity contribution in [2.75, 3.05) is 39.7 Å². The van der Waals surface area contributed by atoms with Gasteiger partial charge in [-0.15, -0.1) is 0 Å². The van der Waals surface area contributed by atoms with Gasteiger partial charge in [0.2, 0.25) is 10.0 Å². The number of rotatable bonds is 7. The van der Waals surface area contributed by atoms with Gasteiger partial charge < -0.3 is 19.5 Å². The lowest BCUT2D eigenvalue weighted by atomic mass is 10.2. The normalized spacial score (nSPS) is 15.0. The Labute approximate surface area is 193 Å². The van der Waals surface area contributed by atoms with E-state index in [2.05, 4.69) is 5.32 Å². The highest BCUT2D eigenvalue weighted by molar-refractivity contribution is 7.89. The van der Waals surface area contributed by atoms with Crippen LogP contribution in [0.15, 0.2) is 35.2 Å². The summed E-state index contributed by atoms with van der Waals surface area (Å²) >= 11 is 6.12. The molecule has 1 amide bonds. The minimum atomic E-state index is -3.82. The maximum Gasteiger partial charge on any atom is 0.255 e. The molecule has 8 nitrogen and oxygen atoms in total. The summed E-state index contributed by atoms with van der Waals surface area (Å²) in [6.07, 6.45) is 3.61. The van der Waals surface area contributed by atoms with Crippen LogP contribution in [0.25, 0.3) is 0 Å². The largest absolute Gasteiger partial charge is 0.495 e. The van der Waals surface area contributed by atoms with E-state index in [1.54, 1.807) is 0 Å². The van der Waals surface area contributed by atoms with Crippen LogP contribution in [-0.4, -0.2) is 53.0 Å². The van der Waals surface area contributed by atoms with Crippen molar-refractivity contribution in [3.8, 4) is 17.2 Å². The molecule has 1 aliphatic heterocycles. The molecule has 174 valence electrons. The molecule has 2 aromatic rings. The van der Waals surface area contributed by atoms with Crippen molar-refractivity contribution in [3.63, 3.8) is 0 Å². The molecule has 1 saturated heterocycles. The van der Waals surface area contributed by atoms with Crippen LogP contribution in [0.2, 0.25) is 5.02 Å². The van der Waals surface area contributed by atoms with Gasteiger partial charge in [-0.25, -0.2) is 8.42 Å². The minimum Gasteiger partial charge on any atom is -0.495 e. The number of hydrogen-bond acceptors (Lipinski definition) is 6.